The van der Waals surface area contributed by atoms with Crippen molar-refractivity contribution >= 4 is 71.1 Å². The number of unbranched alkanes of at least 4 members (excludes halogenated alkanes) is 2. The number of aromatic nitrogens is 5. The van der Waals surface area contributed by atoms with E-state index in [4.69, 9.17) is 9.47 Å². The molecular formula is C50H54BF2N9O7S. The van der Waals surface area contributed by atoms with Gasteiger partial charge in [0.25, 0.3) is 17.4 Å². The van der Waals surface area contributed by atoms with Crippen LogP contribution < -0.4 is 36.7 Å². The van der Waals surface area contributed by atoms with Gasteiger partial charge in [0.1, 0.15) is 22.8 Å². The molecule has 0 fully saturated rings. The summed E-state index contributed by atoms with van der Waals surface area (Å²) >= 11 is 1.42. The average molecular weight is 974 g/mol. The first-order chi connectivity index (χ1) is 33.9. The van der Waals surface area contributed by atoms with Crippen LogP contribution in [0.25, 0.3) is 40.8 Å². The first-order valence-electron chi connectivity index (χ1n) is 23.5. The van der Waals surface area contributed by atoms with Crippen molar-refractivity contribution < 1.29 is 37.0 Å². The molecule has 0 radical (unpaired) electrons. The molecule has 0 unspecified atom stereocenters. The van der Waals surface area contributed by atoms with Gasteiger partial charge in [0, 0.05) is 74.3 Å². The Balaban J connectivity index is 0.674. The van der Waals surface area contributed by atoms with Crippen LogP contribution in [-0.4, -0.2) is 91.3 Å². The number of carbonyl (C=O) groups excluding carboxylic acids is 3. The van der Waals surface area contributed by atoms with Gasteiger partial charge < -0.3 is 48.0 Å². The third kappa shape index (κ3) is 11.1. The van der Waals surface area contributed by atoms with Crippen LogP contribution in [0.4, 0.5) is 8.63 Å². The fraction of sp³-hybridized carbons (Fsp3) is 0.300. The zero-order valence-electron chi connectivity index (χ0n) is 38.9. The Bertz CT molecular complexity index is 3110. The molecule has 4 N–H and O–H groups in total. The lowest BCUT2D eigenvalue weighted by Crippen LogP contribution is -2.50. The second-order valence-electron chi connectivity index (χ2n) is 16.8. The molecule has 16 nitrogen and oxygen atoms in total. The summed E-state index contributed by atoms with van der Waals surface area (Å²) in [6.45, 7) is 0.982. The van der Waals surface area contributed by atoms with E-state index in [-0.39, 0.29) is 55.2 Å². The Labute approximate surface area is 406 Å². The minimum atomic E-state index is -4.14. The van der Waals surface area contributed by atoms with Gasteiger partial charge >= 0.3 is 12.7 Å². The fourth-order valence-corrected chi connectivity index (χ4v) is 9.08. The second-order valence-corrected chi connectivity index (χ2v) is 17.8. The molecule has 2 aliphatic rings. The number of allylic oxidation sites excluding steroid dienone is 2. The number of nitrogens with one attached hydrogen (secondary N) is 4. The molecule has 2 aliphatic heterocycles. The van der Waals surface area contributed by atoms with Crippen LogP contribution in [0.15, 0.2) is 106 Å². The Kier molecular flexibility index (Phi) is 15.5. The summed E-state index contributed by atoms with van der Waals surface area (Å²) in [6.07, 6.45) is 12.4. The SMILES string of the molecule is CCCn1c(=O)c2[nH]c(-c3ccc(OCC(=O)NCCNC(=O)CCCCCNC(=O)COc4ccc(/C=C/c5ccc6n5[B-](F)(F)[N+]5=C(c7cccs7)C=CC5=C6)cc4)cc3)nc2n(CCC)c1=O. The number of nitrogens with zero attached hydrogens (tertiary/aromatic N) is 5. The summed E-state index contributed by atoms with van der Waals surface area (Å²) in [6, 6.07) is 21.0. The van der Waals surface area contributed by atoms with Crippen molar-refractivity contribution in [1.29, 1.82) is 0 Å². The van der Waals surface area contributed by atoms with E-state index in [0.29, 0.717) is 103 Å². The molecule has 70 heavy (non-hydrogen) atoms. The molecule has 3 amide bonds. The highest BCUT2D eigenvalue weighted by Gasteiger charge is 2.52. The van der Waals surface area contributed by atoms with Gasteiger partial charge in [0.15, 0.2) is 30.3 Å². The predicted octanol–water partition coefficient (Wildman–Crippen LogP) is 6.42. The lowest BCUT2D eigenvalue weighted by atomic mass is 9.90. The summed E-state index contributed by atoms with van der Waals surface area (Å²) in [5.74, 6) is 0.601. The summed E-state index contributed by atoms with van der Waals surface area (Å²) in [5, 5.41) is 10.2. The summed E-state index contributed by atoms with van der Waals surface area (Å²) in [4.78, 5) is 71.6. The third-order valence-corrected chi connectivity index (χ3v) is 12.6. The maximum absolute atomic E-state index is 16.1. The average Bonchev–Trinajstić information content (AvgIpc) is 4.20. The lowest BCUT2D eigenvalue weighted by Gasteiger charge is -2.30. The van der Waals surface area contributed by atoms with Gasteiger partial charge in [0.2, 0.25) is 5.91 Å². The minimum Gasteiger partial charge on any atom is -0.484 e. The quantitative estimate of drug-likeness (QED) is 0.0419. The first kappa shape index (κ1) is 48.8. The summed E-state index contributed by atoms with van der Waals surface area (Å²) < 4.78 is 48.5. The van der Waals surface area contributed by atoms with E-state index in [1.807, 2.05) is 31.4 Å². The van der Waals surface area contributed by atoms with Crippen LogP contribution in [0.5, 0.6) is 11.5 Å². The van der Waals surface area contributed by atoms with E-state index in [2.05, 4.69) is 25.9 Å². The van der Waals surface area contributed by atoms with Crippen molar-refractivity contribution in [3.63, 3.8) is 0 Å². The highest BCUT2D eigenvalue weighted by Crippen LogP contribution is 2.35. The molecule has 0 spiro atoms. The van der Waals surface area contributed by atoms with Crippen LogP contribution in [0.2, 0.25) is 0 Å². The van der Waals surface area contributed by atoms with Crippen molar-refractivity contribution in [2.45, 2.75) is 65.5 Å². The molecule has 0 saturated heterocycles. The minimum absolute atomic E-state index is 0.140. The summed E-state index contributed by atoms with van der Waals surface area (Å²) in [7, 11) is 0. The number of aromatic amines is 1. The zero-order chi connectivity index (χ0) is 49.2. The van der Waals surface area contributed by atoms with Crippen LogP contribution in [0.3, 0.4) is 0 Å². The lowest BCUT2D eigenvalue weighted by molar-refractivity contribution is -0.360. The van der Waals surface area contributed by atoms with E-state index in [1.54, 1.807) is 91.0 Å². The number of aryl methyl sites for hydroxylation is 1. The second kappa shape index (κ2) is 22.2. The molecule has 4 aromatic heterocycles. The van der Waals surface area contributed by atoms with Crippen molar-refractivity contribution in [3.8, 4) is 22.9 Å². The van der Waals surface area contributed by atoms with E-state index in [0.717, 1.165) is 25.8 Å². The van der Waals surface area contributed by atoms with Gasteiger partial charge in [-0.25, -0.2) is 9.78 Å². The number of hydrogen-bond acceptors (Lipinski definition) is 9. The van der Waals surface area contributed by atoms with Crippen molar-refractivity contribution in [2.24, 2.45) is 0 Å². The highest BCUT2D eigenvalue weighted by molar-refractivity contribution is 7.12. The largest absolute Gasteiger partial charge is 0.737 e. The number of carbonyl (C=O) groups is 3. The van der Waals surface area contributed by atoms with Gasteiger partial charge in [-0.3, -0.25) is 28.3 Å². The third-order valence-electron chi connectivity index (χ3n) is 11.7. The number of thiophene rings is 1. The molecule has 6 heterocycles. The molecule has 0 bridgehead atoms. The molecular weight excluding hydrogens is 919 g/mol. The first-order valence-corrected chi connectivity index (χ1v) is 24.3. The Morgan fingerprint density at radius 1 is 0.786 bits per heavy atom. The Morgan fingerprint density at radius 3 is 2.14 bits per heavy atom. The van der Waals surface area contributed by atoms with Crippen LogP contribution in [0.1, 0.15) is 74.2 Å². The molecule has 8 rings (SSSR count). The Morgan fingerprint density at radius 2 is 1.46 bits per heavy atom. The number of hydrogen-bond donors (Lipinski definition) is 4. The molecule has 20 heteroatoms. The normalized spacial score (nSPS) is 13.6. The molecule has 0 atom stereocenters. The maximum Gasteiger partial charge on any atom is 0.737 e. The van der Waals surface area contributed by atoms with Gasteiger partial charge in [-0.1, -0.05) is 44.5 Å². The number of H-pyrrole nitrogens is 1. The molecule has 0 saturated carbocycles. The molecule has 2 aromatic carbocycles. The van der Waals surface area contributed by atoms with E-state index < -0.39 is 12.5 Å². The number of halogens is 2. The number of ether oxygens (including phenoxy) is 2. The van der Waals surface area contributed by atoms with E-state index >= 15 is 8.63 Å². The number of fused-ring (bicyclic) bond motifs is 3. The number of rotatable bonds is 23. The monoisotopic (exact) mass is 973 g/mol. The summed E-state index contributed by atoms with van der Waals surface area (Å²) in [5.41, 5.74) is 3.03. The molecule has 0 aliphatic carbocycles. The van der Waals surface area contributed by atoms with Gasteiger partial charge in [-0.2, -0.15) is 0 Å². The van der Waals surface area contributed by atoms with Crippen molar-refractivity contribution in [3.05, 3.63) is 139 Å². The topological polar surface area (TPSA) is 186 Å². The molecule has 364 valence electrons. The number of imidazole rings is 1. The van der Waals surface area contributed by atoms with Crippen LogP contribution in [-0.2, 0) is 27.5 Å². The zero-order valence-corrected chi connectivity index (χ0v) is 39.7. The van der Waals surface area contributed by atoms with E-state index in [9.17, 15) is 24.0 Å². The highest BCUT2D eigenvalue weighted by atomic mass is 32.1. The smallest absolute Gasteiger partial charge is 0.484 e. The van der Waals surface area contributed by atoms with Crippen LogP contribution >= 0.6 is 11.3 Å². The van der Waals surface area contributed by atoms with Crippen LogP contribution in [0, 0.1) is 0 Å². The van der Waals surface area contributed by atoms with Crippen molar-refractivity contribution in [2.75, 3.05) is 32.8 Å². The number of benzene rings is 2. The van der Waals surface area contributed by atoms with E-state index in [1.165, 1.54) is 20.5 Å². The van der Waals surface area contributed by atoms with Gasteiger partial charge in [-0.05, 0) is 97.3 Å². The number of amides is 3. The van der Waals surface area contributed by atoms with Gasteiger partial charge in [0.05, 0.1) is 4.88 Å². The fourth-order valence-electron chi connectivity index (χ4n) is 8.34. The maximum atomic E-state index is 16.1. The van der Waals surface area contributed by atoms with Crippen molar-refractivity contribution in [1.82, 2.24) is 39.5 Å². The predicted molar refractivity (Wildman–Crippen MR) is 268 cm³/mol. The Hall–Kier alpha value is -7.61. The molecule has 6 aromatic rings. The van der Waals surface area contributed by atoms with Gasteiger partial charge in [-0.15, -0.1) is 11.3 Å². The standard InChI is InChI=1S/C50H54BF2N9O7S/c1-3-28-59-48-46(49(66)60(29-4-2)50(59)67)57-47(58-48)35-14-22-40(23-15-35)69-33-45(65)56-27-26-55-43(63)10-6-5-7-25-54-44(64)32-68-39-20-12-34(13-21-39)11-16-36-17-18-37-31-38-19-24-41(42-9-8-30-70-42)62(38)51(52,53)61(36)37/h8-9,11-24,30-31H,3-7,10,25-29,32-33H2,1-2H3,(H,54,64)(H,55,63)(H,56,65)(H,57,58)/b16-11+.